The van der Waals surface area contributed by atoms with Crippen LogP contribution in [0.4, 0.5) is 0 Å². The van der Waals surface area contributed by atoms with Crippen molar-refractivity contribution < 1.29 is 9.90 Å². The van der Waals surface area contributed by atoms with E-state index in [1.54, 1.807) is 6.20 Å². The third kappa shape index (κ3) is 4.32. The number of fused-ring (bicyclic) bond motifs is 1. The first-order valence-corrected chi connectivity index (χ1v) is 10.4. The number of aliphatic hydroxyl groups excluding tert-OH is 1. The second-order valence-electron chi connectivity index (χ2n) is 7.13. The molecular formula is C23H21N3O3S. The van der Waals surface area contributed by atoms with E-state index < -0.39 is 17.6 Å². The van der Waals surface area contributed by atoms with Crippen LogP contribution >= 0.6 is 11.3 Å². The van der Waals surface area contributed by atoms with Crippen LogP contribution in [0.3, 0.4) is 0 Å². The first kappa shape index (κ1) is 20.0. The van der Waals surface area contributed by atoms with Gasteiger partial charge in [-0.2, -0.15) is 0 Å². The monoisotopic (exact) mass is 419 g/mol. The number of rotatable bonds is 6. The van der Waals surface area contributed by atoms with Gasteiger partial charge in [-0.1, -0.05) is 60.2 Å². The van der Waals surface area contributed by atoms with Gasteiger partial charge in [-0.3, -0.25) is 14.0 Å². The normalized spacial score (nSPS) is 12.1. The Kier molecular flexibility index (Phi) is 5.74. The van der Waals surface area contributed by atoms with Crippen molar-refractivity contribution in [3.63, 3.8) is 0 Å². The number of carbonyl (C=O) groups is 1. The highest BCUT2D eigenvalue weighted by Crippen LogP contribution is 2.18. The van der Waals surface area contributed by atoms with Gasteiger partial charge in [0.15, 0.2) is 4.96 Å². The van der Waals surface area contributed by atoms with E-state index in [1.165, 1.54) is 21.9 Å². The van der Waals surface area contributed by atoms with Gasteiger partial charge in [0.1, 0.15) is 5.56 Å². The Hall–Kier alpha value is -3.29. The van der Waals surface area contributed by atoms with E-state index >= 15 is 0 Å². The molecule has 4 aromatic rings. The fourth-order valence-corrected chi connectivity index (χ4v) is 4.13. The summed E-state index contributed by atoms with van der Waals surface area (Å²) in [6, 6.07) is 17.4. The summed E-state index contributed by atoms with van der Waals surface area (Å²) in [5.41, 5.74) is 2.46. The lowest BCUT2D eigenvalue weighted by atomic mass is 10.1. The topological polar surface area (TPSA) is 83.7 Å². The summed E-state index contributed by atoms with van der Waals surface area (Å²) in [7, 11) is 0. The molecule has 2 aromatic heterocycles. The first-order valence-electron chi connectivity index (χ1n) is 9.58. The summed E-state index contributed by atoms with van der Waals surface area (Å²) in [4.78, 5) is 31.1. The van der Waals surface area contributed by atoms with Gasteiger partial charge in [0, 0.05) is 30.2 Å². The lowest BCUT2D eigenvalue weighted by Gasteiger charge is -2.12. The molecule has 0 aliphatic rings. The molecule has 2 aromatic carbocycles. The molecule has 0 radical (unpaired) electrons. The van der Waals surface area contributed by atoms with Crippen molar-refractivity contribution in [1.29, 1.82) is 0 Å². The highest BCUT2D eigenvalue weighted by Gasteiger charge is 2.17. The van der Waals surface area contributed by atoms with Crippen LogP contribution in [-0.2, 0) is 6.42 Å². The maximum Gasteiger partial charge on any atom is 0.271 e. The molecule has 0 bridgehead atoms. The van der Waals surface area contributed by atoms with Crippen LogP contribution in [0, 0.1) is 6.92 Å². The zero-order valence-electron chi connectivity index (χ0n) is 16.4. The van der Waals surface area contributed by atoms with Gasteiger partial charge in [-0.15, -0.1) is 11.3 Å². The summed E-state index contributed by atoms with van der Waals surface area (Å²) in [5.74, 6) is -0.552. The molecule has 0 aliphatic heterocycles. The van der Waals surface area contributed by atoms with Crippen LogP contribution in [0.25, 0.3) is 4.96 Å². The van der Waals surface area contributed by atoms with E-state index in [0.717, 1.165) is 16.0 Å². The Bertz CT molecular complexity index is 1230. The zero-order valence-corrected chi connectivity index (χ0v) is 17.2. The van der Waals surface area contributed by atoms with E-state index in [1.807, 2.05) is 61.5 Å². The van der Waals surface area contributed by atoms with E-state index in [4.69, 9.17) is 0 Å². The molecule has 6 nitrogen and oxygen atoms in total. The number of aryl methyl sites for hydroxylation is 1. The van der Waals surface area contributed by atoms with Crippen LogP contribution in [0.1, 0.15) is 38.0 Å². The van der Waals surface area contributed by atoms with Crippen molar-refractivity contribution in [2.24, 2.45) is 0 Å². The molecular weight excluding hydrogens is 398 g/mol. The number of hydrogen-bond donors (Lipinski definition) is 2. The average molecular weight is 420 g/mol. The number of hydrogen-bond acceptors (Lipinski definition) is 5. The van der Waals surface area contributed by atoms with Crippen LogP contribution in [0.15, 0.2) is 71.8 Å². The number of nitrogens with zero attached hydrogens (tertiary/aromatic N) is 2. The third-order valence-electron chi connectivity index (χ3n) is 4.84. The van der Waals surface area contributed by atoms with Crippen molar-refractivity contribution in [2.75, 3.05) is 6.54 Å². The van der Waals surface area contributed by atoms with E-state index in [0.29, 0.717) is 16.9 Å². The Morgan fingerprint density at radius 2 is 1.90 bits per heavy atom. The molecule has 1 unspecified atom stereocenters. The molecule has 30 heavy (non-hydrogen) atoms. The quantitative estimate of drug-likeness (QED) is 0.503. The smallest absolute Gasteiger partial charge is 0.271 e. The molecule has 7 heteroatoms. The fraction of sp³-hybridized carbons (Fsp3) is 0.174. The molecule has 4 rings (SSSR count). The second-order valence-corrected chi connectivity index (χ2v) is 8.22. The lowest BCUT2D eigenvalue weighted by Crippen LogP contribution is -2.33. The molecule has 0 fully saturated rings. The van der Waals surface area contributed by atoms with Gasteiger partial charge in [0.05, 0.1) is 6.10 Å². The zero-order chi connectivity index (χ0) is 21.1. The van der Waals surface area contributed by atoms with E-state index in [2.05, 4.69) is 10.3 Å². The Morgan fingerprint density at radius 3 is 2.63 bits per heavy atom. The minimum Gasteiger partial charge on any atom is -0.387 e. The lowest BCUT2D eigenvalue weighted by molar-refractivity contribution is 0.0914. The third-order valence-corrected chi connectivity index (χ3v) is 5.84. The van der Waals surface area contributed by atoms with Crippen LogP contribution in [0.2, 0.25) is 0 Å². The van der Waals surface area contributed by atoms with Gasteiger partial charge in [0.25, 0.3) is 11.5 Å². The second kappa shape index (κ2) is 8.61. The van der Waals surface area contributed by atoms with Crippen molar-refractivity contribution in [1.82, 2.24) is 14.7 Å². The number of aromatic nitrogens is 2. The molecule has 0 saturated carbocycles. The van der Waals surface area contributed by atoms with Crippen molar-refractivity contribution in [2.45, 2.75) is 19.4 Å². The number of amides is 1. The van der Waals surface area contributed by atoms with Crippen molar-refractivity contribution in [3.8, 4) is 0 Å². The van der Waals surface area contributed by atoms with Gasteiger partial charge < -0.3 is 10.4 Å². The van der Waals surface area contributed by atoms with Gasteiger partial charge >= 0.3 is 0 Å². The predicted molar refractivity (Wildman–Crippen MR) is 117 cm³/mol. The predicted octanol–water partition coefficient (Wildman–Crippen LogP) is 3.12. The van der Waals surface area contributed by atoms with Crippen LogP contribution < -0.4 is 10.9 Å². The van der Waals surface area contributed by atoms with Gasteiger partial charge in [-0.05, 0) is 18.1 Å². The Labute approximate surface area is 177 Å². The number of thiazole rings is 1. The van der Waals surface area contributed by atoms with E-state index in [-0.39, 0.29) is 12.1 Å². The molecule has 1 amide bonds. The van der Waals surface area contributed by atoms with Crippen LogP contribution in [-0.4, -0.2) is 26.9 Å². The summed E-state index contributed by atoms with van der Waals surface area (Å²) in [5, 5.41) is 12.9. The molecule has 2 heterocycles. The minimum atomic E-state index is -0.854. The highest BCUT2D eigenvalue weighted by molar-refractivity contribution is 7.17. The fourth-order valence-electron chi connectivity index (χ4n) is 3.16. The molecule has 2 N–H and O–H groups in total. The summed E-state index contributed by atoms with van der Waals surface area (Å²) >= 11 is 1.42. The average Bonchev–Trinajstić information content (AvgIpc) is 3.17. The highest BCUT2D eigenvalue weighted by atomic mass is 32.1. The standard InChI is InChI=1S/C23H21N3O3S/c1-15-7-9-17(10-8-15)20(27)13-24-21(28)19-12-25-23-26(22(19)29)14-18(30-23)11-16-5-3-2-4-6-16/h2-10,12,14,20,27H,11,13H2,1H3,(H,24,28). The maximum absolute atomic E-state index is 12.8. The number of nitrogens with one attached hydrogen (secondary N) is 1. The van der Waals surface area contributed by atoms with Crippen LogP contribution in [0.5, 0.6) is 0 Å². The van der Waals surface area contributed by atoms with Crippen molar-refractivity contribution >= 4 is 22.2 Å². The van der Waals surface area contributed by atoms with Gasteiger partial charge in [0.2, 0.25) is 0 Å². The Morgan fingerprint density at radius 1 is 1.17 bits per heavy atom. The number of carbonyl (C=O) groups excluding carboxylic acids is 1. The van der Waals surface area contributed by atoms with Crippen molar-refractivity contribution in [3.05, 3.63) is 104 Å². The molecule has 0 aliphatic carbocycles. The maximum atomic E-state index is 12.8. The summed E-state index contributed by atoms with van der Waals surface area (Å²) in [6.07, 6.45) is 2.88. The summed E-state index contributed by atoms with van der Waals surface area (Å²) in [6.45, 7) is 1.97. The molecule has 1 atom stereocenters. The minimum absolute atomic E-state index is 0.00688. The molecule has 0 saturated heterocycles. The molecule has 152 valence electrons. The number of benzene rings is 2. The Balaban J connectivity index is 1.49. The number of aliphatic hydroxyl groups is 1. The SMILES string of the molecule is Cc1ccc(C(O)CNC(=O)c2cnc3sc(Cc4ccccc4)cn3c2=O)cc1. The molecule has 0 spiro atoms. The largest absolute Gasteiger partial charge is 0.387 e. The first-order chi connectivity index (χ1) is 14.5. The van der Waals surface area contributed by atoms with Gasteiger partial charge in [-0.25, -0.2) is 4.98 Å². The summed E-state index contributed by atoms with van der Waals surface area (Å²) < 4.78 is 1.41. The van der Waals surface area contributed by atoms with E-state index in [9.17, 15) is 14.7 Å².